The Balaban J connectivity index is 2.00. The summed E-state index contributed by atoms with van der Waals surface area (Å²) < 4.78 is 5.12. The van der Waals surface area contributed by atoms with Crippen LogP contribution < -0.4 is 5.32 Å². The Kier molecular flexibility index (Phi) is 6.18. The quantitative estimate of drug-likeness (QED) is 0.754. The first-order valence-corrected chi connectivity index (χ1v) is 7.86. The maximum absolute atomic E-state index is 5.12. The molecule has 2 unspecified atom stereocenters. The van der Waals surface area contributed by atoms with E-state index in [4.69, 9.17) is 4.74 Å². The van der Waals surface area contributed by atoms with E-state index in [-0.39, 0.29) is 0 Å². The summed E-state index contributed by atoms with van der Waals surface area (Å²) in [5.74, 6) is 0.500. The average Bonchev–Trinajstić information content (AvgIpc) is 3.01. The van der Waals surface area contributed by atoms with Crippen molar-refractivity contribution in [2.75, 3.05) is 20.3 Å². The van der Waals surface area contributed by atoms with Crippen molar-refractivity contribution in [2.45, 2.75) is 25.3 Å². The molecule has 1 aromatic carbocycles. The third-order valence-corrected chi connectivity index (χ3v) is 4.29. The summed E-state index contributed by atoms with van der Waals surface area (Å²) >= 11 is 1.71. The van der Waals surface area contributed by atoms with Gasteiger partial charge in [-0.25, -0.2) is 4.98 Å². The molecule has 3 nitrogen and oxygen atoms in total. The van der Waals surface area contributed by atoms with Crippen LogP contribution >= 0.6 is 11.3 Å². The van der Waals surface area contributed by atoms with Crippen molar-refractivity contribution in [1.29, 1.82) is 0 Å². The van der Waals surface area contributed by atoms with Gasteiger partial charge in [0.05, 0.1) is 12.6 Å². The fourth-order valence-corrected chi connectivity index (χ4v) is 3.01. The summed E-state index contributed by atoms with van der Waals surface area (Å²) in [6.45, 7) is 3.85. The highest BCUT2D eigenvalue weighted by molar-refractivity contribution is 7.09. The smallest absolute Gasteiger partial charge is 0.109 e. The third kappa shape index (κ3) is 4.40. The molecule has 2 aromatic rings. The Morgan fingerprint density at radius 3 is 2.75 bits per heavy atom. The van der Waals surface area contributed by atoms with E-state index in [1.807, 2.05) is 11.6 Å². The highest BCUT2D eigenvalue weighted by atomic mass is 32.1. The van der Waals surface area contributed by atoms with Crippen LogP contribution in [0.15, 0.2) is 41.9 Å². The number of benzene rings is 1. The first-order valence-electron chi connectivity index (χ1n) is 6.98. The van der Waals surface area contributed by atoms with Gasteiger partial charge >= 0.3 is 0 Å². The van der Waals surface area contributed by atoms with Crippen LogP contribution in [-0.2, 0) is 4.74 Å². The minimum atomic E-state index is 0.292. The third-order valence-electron chi connectivity index (χ3n) is 3.40. The standard InChI is InChI=1S/C16H22N2OS/c1-13(14-6-4-3-5-7-14)12-15(17-8-10-19-2)16-18-9-11-20-16/h3-7,9,11,13,15,17H,8,10,12H2,1-2H3. The summed E-state index contributed by atoms with van der Waals surface area (Å²) in [5.41, 5.74) is 1.38. The Morgan fingerprint density at radius 2 is 2.10 bits per heavy atom. The molecule has 2 atom stereocenters. The second kappa shape index (κ2) is 8.15. The van der Waals surface area contributed by atoms with Gasteiger partial charge in [0.1, 0.15) is 5.01 Å². The number of rotatable bonds is 8. The number of ether oxygens (including phenoxy) is 1. The van der Waals surface area contributed by atoms with E-state index in [0.29, 0.717) is 12.0 Å². The highest BCUT2D eigenvalue weighted by Gasteiger charge is 2.18. The van der Waals surface area contributed by atoms with Gasteiger partial charge in [0.15, 0.2) is 0 Å². The highest BCUT2D eigenvalue weighted by Crippen LogP contribution is 2.28. The van der Waals surface area contributed by atoms with Gasteiger partial charge < -0.3 is 10.1 Å². The molecule has 0 fully saturated rings. The summed E-state index contributed by atoms with van der Waals surface area (Å²) in [4.78, 5) is 4.46. The van der Waals surface area contributed by atoms with Crippen molar-refractivity contribution in [2.24, 2.45) is 0 Å². The van der Waals surface area contributed by atoms with Crippen LogP contribution in [0.4, 0.5) is 0 Å². The molecule has 2 rings (SSSR count). The normalized spacial score (nSPS) is 14.1. The van der Waals surface area contributed by atoms with Crippen molar-refractivity contribution in [3.8, 4) is 0 Å². The van der Waals surface area contributed by atoms with Crippen molar-refractivity contribution in [3.05, 3.63) is 52.5 Å². The van der Waals surface area contributed by atoms with E-state index in [9.17, 15) is 0 Å². The predicted octanol–water partition coefficient (Wildman–Crippen LogP) is 3.61. The molecular formula is C16H22N2OS. The number of hydrogen-bond acceptors (Lipinski definition) is 4. The number of aromatic nitrogens is 1. The van der Waals surface area contributed by atoms with Gasteiger partial charge in [-0.2, -0.15) is 0 Å². The second-order valence-corrected chi connectivity index (χ2v) is 5.84. The molecule has 0 spiro atoms. The zero-order chi connectivity index (χ0) is 14.2. The Morgan fingerprint density at radius 1 is 1.30 bits per heavy atom. The minimum Gasteiger partial charge on any atom is -0.383 e. The van der Waals surface area contributed by atoms with E-state index in [1.54, 1.807) is 18.4 Å². The molecule has 0 radical (unpaired) electrons. The van der Waals surface area contributed by atoms with E-state index in [1.165, 1.54) is 5.56 Å². The van der Waals surface area contributed by atoms with Crippen molar-refractivity contribution >= 4 is 11.3 Å². The zero-order valence-corrected chi connectivity index (χ0v) is 12.9. The molecule has 0 amide bonds. The second-order valence-electron chi connectivity index (χ2n) is 4.92. The van der Waals surface area contributed by atoms with Crippen molar-refractivity contribution < 1.29 is 4.74 Å². The maximum Gasteiger partial charge on any atom is 0.109 e. The molecule has 1 N–H and O–H groups in total. The molecule has 4 heteroatoms. The van der Waals surface area contributed by atoms with Crippen LogP contribution in [0.1, 0.15) is 35.9 Å². The summed E-state index contributed by atoms with van der Waals surface area (Å²) in [6, 6.07) is 10.9. The average molecular weight is 290 g/mol. The fourth-order valence-electron chi connectivity index (χ4n) is 2.28. The van der Waals surface area contributed by atoms with Crippen LogP contribution in [0.5, 0.6) is 0 Å². The Labute approximate surface area is 125 Å². The van der Waals surface area contributed by atoms with Crippen molar-refractivity contribution in [1.82, 2.24) is 10.3 Å². The molecule has 0 aliphatic rings. The fraction of sp³-hybridized carbons (Fsp3) is 0.438. The van der Waals surface area contributed by atoms with Crippen LogP contribution in [0, 0.1) is 0 Å². The minimum absolute atomic E-state index is 0.292. The summed E-state index contributed by atoms with van der Waals surface area (Å²) in [6.07, 6.45) is 2.92. The van der Waals surface area contributed by atoms with E-state index >= 15 is 0 Å². The summed E-state index contributed by atoms with van der Waals surface area (Å²) in [7, 11) is 1.73. The van der Waals surface area contributed by atoms with Gasteiger partial charge in [-0.05, 0) is 17.9 Å². The van der Waals surface area contributed by atoms with Gasteiger partial charge in [-0.15, -0.1) is 11.3 Å². The number of thiazole rings is 1. The number of nitrogens with zero attached hydrogens (tertiary/aromatic N) is 1. The molecule has 0 bridgehead atoms. The Bertz CT molecular complexity index is 472. The van der Waals surface area contributed by atoms with Crippen LogP contribution in [-0.4, -0.2) is 25.2 Å². The molecule has 0 aliphatic heterocycles. The lowest BCUT2D eigenvalue weighted by atomic mass is 9.94. The lowest BCUT2D eigenvalue weighted by molar-refractivity contribution is 0.194. The molecule has 0 saturated heterocycles. The zero-order valence-electron chi connectivity index (χ0n) is 12.1. The predicted molar refractivity (Wildman–Crippen MR) is 84.2 cm³/mol. The van der Waals surface area contributed by atoms with Gasteiger partial charge in [-0.3, -0.25) is 0 Å². The monoisotopic (exact) mass is 290 g/mol. The first kappa shape index (κ1) is 15.2. The van der Waals surface area contributed by atoms with Gasteiger partial charge in [0.25, 0.3) is 0 Å². The molecule has 0 aliphatic carbocycles. The topological polar surface area (TPSA) is 34.1 Å². The molecule has 0 saturated carbocycles. The molecular weight excluding hydrogens is 268 g/mol. The van der Waals surface area contributed by atoms with E-state index in [0.717, 1.165) is 24.6 Å². The van der Waals surface area contributed by atoms with Gasteiger partial charge in [0, 0.05) is 25.2 Å². The van der Waals surface area contributed by atoms with Crippen LogP contribution in [0.25, 0.3) is 0 Å². The molecule has 108 valence electrons. The van der Waals surface area contributed by atoms with E-state index < -0.39 is 0 Å². The SMILES string of the molecule is COCCNC(CC(C)c1ccccc1)c1nccs1. The molecule has 20 heavy (non-hydrogen) atoms. The van der Waals surface area contributed by atoms with Crippen LogP contribution in [0.3, 0.4) is 0 Å². The largest absolute Gasteiger partial charge is 0.383 e. The molecule has 1 heterocycles. The molecule has 1 aromatic heterocycles. The number of hydrogen-bond donors (Lipinski definition) is 1. The number of methoxy groups -OCH3 is 1. The van der Waals surface area contributed by atoms with Gasteiger partial charge in [0.2, 0.25) is 0 Å². The van der Waals surface area contributed by atoms with Crippen LogP contribution in [0.2, 0.25) is 0 Å². The van der Waals surface area contributed by atoms with E-state index in [2.05, 4.69) is 47.6 Å². The Hall–Kier alpha value is -1.23. The number of nitrogens with one attached hydrogen (secondary N) is 1. The first-order chi connectivity index (χ1) is 9.81. The lowest BCUT2D eigenvalue weighted by Gasteiger charge is -2.21. The lowest BCUT2D eigenvalue weighted by Crippen LogP contribution is -2.26. The van der Waals surface area contributed by atoms with Gasteiger partial charge in [-0.1, -0.05) is 37.3 Å². The van der Waals surface area contributed by atoms with Crippen molar-refractivity contribution in [3.63, 3.8) is 0 Å². The summed E-state index contributed by atoms with van der Waals surface area (Å²) in [5, 5.41) is 6.74. The maximum atomic E-state index is 5.12.